The molecule has 1 aromatic rings. The van der Waals surface area contributed by atoms with Crippen LogP contribution in [0.1, 0.15) is 25.5 Å². The number of hydrogen-bond donors (Lipinski definition) is 3. The van der Waals surface area contributed by atoms with Gasteiger partial charge in [0.1, 0.15) is 0 Å². The van der Waals surface area contributed by atoms with Crippen LogP contribution in [0.5, 0.6) is 0 Å². The highest BCUT2D eigenvalue weighted by molar-refractivity contribution is 5.87. The highest BCUT2D eigenvalue weighted by atomic mass is 16.2. The topological polar surface area (TPSA) is 86.9 Å². The number of hydrogen-bond acceptors (Lipinski definition) is 3. The Balaban J connectivity index is 2.52. The fraction of sp³-hybridized carbons (Fsp3) is 0.500. The Morgan fingerprint density at radius 1 is 1.56 bits per heavy atom. The van der Waals surface area contributed by atoms with Crippen LogP contribution in [0.25, 0.3) is 0 Å². The summed E-state index contributed by atoms with van der Waals surface area (Å²) >= 11 is 0. The number of H-pyrrole nitrogens is 1. The van der Waals surface area contributed by atoms with E-state index < -0.39 is 0 Å². The molecule has 0 radical (unpaired) electrons. The number of amides is 2. The van der Waals surface area contributed by atoms with Crippen LogP contribution in [-0.4, -0.2) is 22.5 Å². The third kappa shape index (κ3) is 4.12. The van der Waals surface area contributed by atoms with Crippen molar-refractivity contribution < 1.29 is 4.79 Å². The van der Waals surface area contributed by atoms with E-state index in [0.29, 0.717) is 12.2 Å². The van der Waals surface area contributed by atoms with Gasteiger partial charge in [-0.25, -0.2) is 9.78 Å². The average Bonchev–Trinajstić information content (AvgIpc) is 2.16. The quantitative estimate of drug-likeness (QED) is 0.668. The van der Waals surface area contributed by atoms with Gasteiger partial charge in [-0.1, -0.05) is 13.3 Å². The van der Waals surface area contributed by atoms with Gasteiger partial charge in [0.05, 0.1) is 0 Å². The highest BCUT2D eigenvalue weighted by Gasteiger charge is 2.03. The molecule has 0 saturated heterocycles. The molecule has 2 amide bonds. The second-order valence-corrected chi connectivity index (χ2v) is 3.47. The molecule has 0 aromatic carbocycles. The summed E-state index contributed by atoms with van der Waals surface area (Å²) in [5.41, 5.74) is 0.281. The van der Waals surface area contributed by atoms with Gasteiger partial charge in [0.25, 0.3) is 5.56 Å². The lowest BCUT2D eigenvalue weighted by Gasteiger charge is -2.06. The van der Waals surface area contributed by atoms with E-state index in [0.717, 1.165) is 12.8 Å². The molecule has 6 heteroatoms. The van der Waals surface area contributed by atoms with Crippen LogP contribution < -0.4 is 16.2 Å². The van der Waals surface area contributed by atoms with Crippen molar-refractivity contribution in [2.45, 2.75) is 26.7 Å². The SMILES string of the molecule is CCCCNC(=O)Nc1nc(C)cc(=O)[15nH]1. The maximum absolute atomic E-state index is 11.3. The molecule has 0 aliphatic heterocycles. The average molecular weight is 225 g/mol. The first kappa shape index (κ1) is 12.2. The predicted molar refractivity (Wildman–Crippen MR) is 61.5 cm³/mol. The first-order valence-corrected chi connectivity index (χ1v) is 5.24. The number of urea groups is 1. The number of aryl methyl sites for hydroxylation is 1. The zero-order valence-corrected chi connectivity index (χ0v) is 9.46. The van der Waals surface area contributed by atoms with Gasteiger partial charge < -0.3 is 5.32 Å². The Morgan fingerprint density at radius 3 is 2.94 bits per heavy atom. The van der Waals surface area contributed by atoms with Crippen LogP contribution in [0.4, 0.5) is 10.7 Å². The number of aromatic nitrogens is 2. The van der Waals surface area contributed by atoms with E-state index in [1.165, 1.54) is 6.07 Å². The summed E-state index contributed by atoms with van der Waals surface area (Å²) in [5, 5.41) is 5.12. The minimum Gasteiger partial charge on any atom is -0.338 e. The maximum Gasteiger partial charge on any atom is 0.321 e. The molecule has 0 atom stereocenters. The van der Waals surface area contributed by atoms with Crippen molar-refractivity contribution in [1.82, 2.24) is 15.3 Å². The molecule has 0 saturated carbocycles. The van der Waals surface area contributed by atoms with Crippen molar-refractivity contribution in [2.75, 3.05) is 11.9 Å². The lowest BCUT2D eigenvalue weighted by molar-refractivity contribution is 0.252. The predicted octanol–water partition coefficient (Wildman–Crippen LogP) is 1.000. The molecular weight excluding hydrogens is 209 g/mol. The zero-order chi connectivity index (χ0) is 12.0. The van der Waals surface area contributed by atoms with Crippen LogP contribution >= 0.6 is 0 Å². The van der Waals surface area contributed by atoms with E-state index in [1.807, 2.05) is 6.92 Å². The molecular formula is C10H16N4O2. The van der Waals surface area contributed by atoms with Gasteiger partial charge in [-0.3, -0.25) is 15.1 Å². The zero-order valence-electron chi connectivity index (χ0n) is 9.46. The lowest BCUT2D eigenvalue weighted by atomic mass is 10.3. The van der Waals surface area contributed by atoms with Gasteiger partial charge in [0.2, 0.25) is 5.95 Å². The number of rotatable bonds is 4. The molecule has 0 unspecified atom stereocenters. The van der Waals surface area contributed by atoms with Crippen molar-refractivity contribution in [2.24, 2.45) is 0 Å². The molecule has 0 aliphatic rings. The first-order valence-electron chi connectivity index (χ1n) is 5.24. The van der Waals surface area contributed by atoms with Gasteiger partial charge in [-0.2, -0.15) is 0 Å². The number of nitrogens with zero attached hydrogens (tertiary/aromatic N) is 1. The number of unbranched alkanes of at least 4 members (excludes halogenated alkanes) is 1. The number of carbonyl (C=O) groups excluding carboxylic acids is 1. The third-order valence-corrected chi connectivity index (χ3v) is 1.92. The molecule has 88 valence electrons. The van der Waals surface area contributed by atoms with Gasteiger partial charge in [0.15, 0.2) is 0 Å². The maximum atomic E-state index is 11.3. The van der Waals surface area contributed by atoms with Crippen LogP contribution in [-0.2, 0) is 0 Å². The summed E-state index contributed by atoms with van der Waals surface area (Å²) in [6, 6.07) is 1.00. The van der Waals surface area contributed by atoms with E-state index in [-0.39, 0.29) is 17.5 Å². The van der Waals surface area contributed by atoms with E-state index in [4.69, 9.17) is 0 Å². The molecule has 1 aromatic heterocycles. The van der Waals surface area contributed by atoms with Gasteiger partial charge in [-0.05, 0) is 13.3 Å². The number of aromatic amines is 1. The smallest absolute Gasteiger partial charge is 0.321 e. The highest BCUT2D eigenvalue weighted by Crippen LogP contribution is 1.95. The number of anilines is 1. The third-order valence-electron chi connectivity index (χ3n) is 1.92. The Bertz CT molecular complexity index is 414. The second-order valence-electron chi connectivity index (χ2n) is 3.47. The molecule has 0 spiro atoms. The van der Waals surface area contributed by atoms with E-state index in [2.05, 4.69) is 20.6 Å². The van der Waals surface area contributed by atoms with Gasteiger partial charge >= 0.3 is 6.03 Å². The first-order chi connectivity index (χ1) is 7.61. The summed E-state index contributed by atoms with van der Waals surface area (Å²) in [5.74, 6) is 0.166. The molecule has 0 bridgehead atoms. The molecule has 6 nitrogen and oxygen atoms in total. The monoisotopic (exact) mass is 225 g/mol. The fourth-order valence-electron chi connectivity index (χ4n) is 1.17. The Labute approximate surface area is 93.5 Å². The molecule has 0 aliphatic carbocycles. The molecule has 0 fully saturated rings. The molecule has 1 heterocycles. The minimum atomic E-state index is -0.359. The van der Waals surface area contributed by atoms with Gasteiger partial charge in [-0.15, -0.1) is 0 Å². The Hall–Kier alpha value is -1.85. The summed E-state index contributed by atoms with van der Waals surface area (Å²) in [6.45, 7) is 4.34. The molecule has 1 rings (SSSR count). The van der Waals surface area contributed by atoms with Crippen LogP contribution in [0.15, 0.2) is 10.9 Å². The van der Waals surface area contributed by atoms with Crippen molar-refractivity contribution in [3.8, 4) is 0 Å². The van der Waals surface area contributed by atoms with Crippen LogP contribution in [0.2, 0.25) is 0 Å². The molecule has 3 N–H and O–H groups in total. The fourth-order valence-corrected chi connectivity index (χ4v) is 1.17. The summed E-state index contributed by atoms with van der Waals surface area (Å²) in [6.07, 6.45) is 1.94. The lowest BCUT2D eigenvalue weighted by Crippen LogP contribution is -2.31. The Morgan fingerprint density at radius 2 is 2.31 bits per heavy atom. The van der Waals surface area contributed by atoms with Crippen LogP contribution in [0.3, 0.4) is 0 Å². The summed E-state index contributed by atoms with van der Waals surface area (Å²) < 4.78 is 0. The number of carbonyl (C=O) groups is 1. The summed E-state index contributed by atoms with van der Waals surface area (Å²) in [7, 11) is 0. The van der Waals surface area contributed by atoms with E-state index in [9.17, 15) is 9.59 Å². The van der Waals surface area contributed by atoms with Crippen molar-refractivity contribution in [1.29, 1.82) is 0 Å². The summed E-state index contributed by atoms with van der Waals surface area (Å²) in [4.78, 5) is 28.8. The van der Waals surface area contributed by atoms with Crippen molar-refractivity contribution in [3.05, 3.63) is 22.1 Å². The standard InChI is InChI=1S/C10H16N4O2/c1-3-4-5-11-10(16)14-9-12-7(2)6-8(15)13-9/h6H,3-5H2,1-2H3,(H3,11,12,13,14,15,16)/i13+1. The van der Waals surface area contributed by atoms with E-state index in [1.54, 1.807) is 6.92 Å². The normalized spacial score (nSPS) is 9.88. The minimum absolute atomic E-state index is 0.166. The number of nitrogens with one attached hydrogen (secondary N) is 3. The van der Waals surface area contributed by atoms with E-state index >= 15 is 0 Å². The Kier molecular flexibility index (Phi) is 4.50. The van der Waals surface area contributed by atoms with Crippen molar-refractivity contribution >= 4 is 12.0 Å². The van der Waals surface area contributed by atoms with Crippen LogP contribution in [0, 0.1) is 6.92 Å². The second kappa shape index (κ2) is 5.89. The van der Waals surface area contributed by atoms with Crippen molar-refractivity contribution in [3.63, 3.8) is 0 Å². The largest absolute Gasteiger partial charge is 0.338 e. The molecule has 16 heavy (non-hydrogen) atoms. The van der Waals surface area contributed by atoms with Gasteiger partial charge in [0, 0.05) is 18.3 Å².